The van der Waals surface area contributed by atoms with E-state index in [4.69, 9.17) is 0 Å². The molecule has 90 valence electrons. The van der Waals surface area contributed by atoms with Crippen LogP contribution in [0.15, 0.2) is 35.1 Å². The Bertz CT molecular complexity index is 589. The van der Waals surface area contributed by atoms with Gasteiger partial charge in [0.1, 0.15) is 5.75 Å². The first-order valence-electron chi connectivity index (χ1n) is 4.77. The van der Waals surface area contributed by atoms with Crippen molar-refractivity contribution in [3.05, 3.63) is 40.7 Å². The summed E-state index contributed by atoms with van der Waals surface area (Å²) in [7, 11) is 0. The summed E-state index contributed by atoms with van der Waals surface area (Å²) in [5.74, 6) is 0.0116. The van der Waals surface area contributed by atoms with E-state index in [1.54, 1.807) is 12.1 Å². The van der Waals surface area contributed by atoms with Crippen molar-refractivity contribution in [2.24, 2.45) is 0 Å². The van der Waals surface area contributed by atoms with Gasteiger partial charge in [-0.3, -0.25) is 4.79 Å². The fourth-order valence-electron chi connectivity index (χ4n) is 1.43. The van der Waals surface area contributed by atoms with Gasteiger partial charge in [0.2, 0.25) is 5.56 Å². The molecule has 17 heavy (non-hydrogen) atoms. The highest BCUT2D eigenvalue weighted by Gasteiger charge is 2.28. The minimum absolute atomic E-state index is 0.0116. The number of aromatic nitrogens is 1. The molecular formula is C11H8F3NO2. The predicted molar refractivity (Wildman–Crippen MR) is 56.1 cm³/mol. The molecule has 0 atom stereocenters. The number of aromatic amines is 1. The Morgan fingerprint density at radius 2 is 1.94 bits per heavy atom. The Kier molecular flexibility index (Phi) is 2.79. The molecule has 1 N–H and O–H groups in total. The molecule has 0 radical (unpaired) electrons. The van der Waals surface area contributed by atoms with Gasteiger partial charge in [0.15, 0.2) is 6.61 Å². The van der Waals surface area contributed by atoms with Crippen molar-refractivity contribution in [2.75, 3.05) is 6.61 Å². The Hall–Kier alpha value is -1.98. The molecule has 0 aliphatic rings. The van der Waals surface area contributed by atoms with E-state index in [-0.39, 0.29) is 16.8 Å². The molecular weight excluding hydrogens is 235 g/mol. The summed E-state index contributed by atoms with van der Waals surface area (Å²) in [6.45, 7) is -1.39. The zero-order valence-corrected chi connectivity index (χ0v) is 8.54. The molecule has 0 unspecified atom stereocenters. The molecule has 6 heteroatoms. The predicted octanol–water partition coefficient (Wildman–Crippen LogP) is 2.47. The van der Waals surface area contributed by atoms with E-state index in [9.17, 15) is 18.0 Å². The van der Waals surface area contributed by atoms with Gasteiger partial charge in [-0.25, -0.2) is 0 Å². The monoisotopic (exact) mass is 243 g/mol. The van der Waals surface area contributed by atoms with Gasteiger partial charge < -0.3 is 9.72 Å². The summed E-state index contributed by atoms with van der Waals surface area (Å²) in [5.41, 5.74) is -0.121. The summed E-state index contributed by atoms with van der Waals surface area (Å²) in [6.07, 6.45) is -4.41. The third-order valence-electron chi connectivity index (χ3n) is 2.11. The van der Waals surface area contributed by atoms with Gasteiger partial charge in [0.05, 0.1) is 5.52 Å². The number of alkyl halides is 3. The number of benzene rings is 1. The minimum Gasteiger partial charge on any atom is -0.482 e. The molecule has 2 aromatic rings. The summed E-state index contributed by atoms with van der Waals surface area (Å²) in [6, 6.07) is 7.44. The average Bonchev–Trinajstić information content (AvgIpc) is 2.25. The Balaban J connectivity index is 2.40. The van der Waals surface area contributed by atoms with Crippen molar-refractivity contribution in [1.29, 1.82) is 0 Å². The number of hydrogen-bond donors (Lipinski definition) is 1. The zero-order valence-electron chi connectivity index (χ0n) is 8.54. The molecule has 0 amide bonds. The molecule has 0 fully saturated rings. The third kappa shape index (κ3) is 2.77. The van der Waals surface area contributed by atoms with Gasteiger partial charge >= 0.3 is 6.18 Å². The Morgan fingerprint density at radius 1 is 1.18 bits per heavy atom. The van der Waals surface area contributed by atoms with Crippen molar-refractivity contribution in [3.8, 4) is 5.75 Å². The topological polar surface area (TPSA) is 42.1 Å². The first-order valence-corrected chi connectivity index (χ1v) is 4.77. The van der Waals surface area contributed by atoms with Gasteiger partial charge in [-0.05, 0) is 12.1 Å². The lowest BCUT2D eigenvalue weighted by molar-refractivity contribution is -0.153. The standard InChI is InChI=1S/C11H8F3NO2/c12-11(13,14)6-17-8-3-1-2-7-4-5-9(16)15-10(7)8/h1-5H,6H2,(H,15,16). The number of pyridine rings is 1. The van der Waals surface area contributed by atoms with Gasteiger partial charge in [0, 0.05) is 11.5 Å². The summed E-state index contributed by atoms with van der Waals surface area (Å²) >= 11 is 0. The molecule has 2 rings (SSSR count). The Morgan fingerprint density at radius 3 is 2.65 bits per heavy atom. The summed E-state index contributed by atoms with van der Waals surface area (Å²) in [5, 5.41) is 0.615. The number of para-hydroxylation sites is 1. The SMILES string of the molecule is O=c1ccc2cccc(OCC(F)(F)F)c2[nH]1. The number of hydrogen-bond acceptors (Lipinski definition) is 2. The quantitative estimate of drug-likeness (QED) is 0.880. The molecule has 0 bridgehead atoms. The number of halogens is 3. The number of ether oxygens (including phenoxy) is 1. The highest BCUT2D eigenvalue weighted by Crippen LogP contribution is 2.24. The molecule has 0 spiro atoms. The maximum atomic E-state index is 12.0. The van der Waals surface area contributed by atoms with Crippen LogP contribution in [0, 0.1) is 0 Å². The summed E-state index contributed by atoms with van der Waals surface area (Å²) < 4.78 is 40.7. The van der Waals surface area contributed by atoms with Crippen LogP contribution in [0.3, 0.4) is 0 Å². The van der Waals surface area contributed by atoms with E-state index >= 15 is 0 Å². The minimum atomic E-state index is -4.41. The van der Waals surface area contributed by atoms with E-state index in [0.717, 1.165) is 0 Å². The molecule has 0 saturated heterocycles. The van der Waals surface area contributed by atoms with Crippen molar-refractivity contribution >= 4 is 10.9 Å². The van der Waals surface area contributed by atoms with Gasteiger partial charge in [-0.1, -0.05) is 12.1 Å². The fourth-order valence-corrected chi connectivity index (χ4v) is 1.43. The van der Waals surface area contributed by atoms with Crippen LogP contribution in [-0.4, -0.2) is 17.8 Å². The van der Waals surface area contributed by atoms with Crippen LogP contribution in [0.2, 0.25) is 0 Å². The van der Waals surface area contributed by atoms with Crippen LogP contribution in [0.1, 0.15) is 0 Å². The lowest BCUT2D eigenvalue weighted by Crippen LogP contribution is -2.19. The molecule has 3 nitrogen and oxygen atoms in total. The van der Waals surface area contributed by atoms with E-state index in [1.807, 2.05) is 0 Å². The molecule has 1 aromatic carbocycles. The molecule has 1 heterocycles. The van der Waals surface area contributed by atoms with Crippen molar-refractivity contribution in [2.45, 2.75) is 6.18 Å². The fraction of sp³-hybridized carbons (Fsp3) is 0.182. The van der Waals surface area contributed by atoms with Crippen LogP contribution >= 0.6 is 0 Å². The van der Waals surface area contributed by atoms with E-state index in [1.165, 1.54) is 18.2 Å². The van der Waals surface area contributed by atoms with Gasteiger partial charge in [-0.2, -0.15) is 13.2 Å². The number of fused-ring (bicyclic) bond motifs is 1. The second kappa shape index (κ2) is 4.12. The maximum Gasteiger partial charge on any atom is 0.422 e. The molecule has 0 aliphatic carbocycles. The number of H-pyrrole nitrogens is 1. The Labute approximate surface area is 93.8 Å². The average molecular weight is 243 g/mol. The van der Waals surface area contributed by atoms with Crippen LogP contribution in [0.5, 0.6) is 5.75 Å². The van der Waals surface area contributed by atoms with Gasteiger partial charge in [-0.15, -0.1) is 0 Å². The van der Waals surface area contributed by atoms with Crippen molar-refractivity contribution < 1.29 is 17.9 Å². The molecule has 0 saturated carbocycles. The second-order valence-electron chi connectivity index (χ2n) is 3.45. The molecule has 1 aromatic heterocycles. The lowest BCUT2D eigenvalue weighted by atomic mass is 10.2. The highest BCUT2D eigenvalue weighted by molar-refractivity contribution is 5.84. The molecule has 0 aliphatic heterocycles. The number of rotatable bonds is 2. The zero-order chi connectivity index (χ0) is 12.5. The first-order chi connectivity index (χ1) is 7.96. The van der Waals surface area contributed by atoms with E-state index in [2.05, 4.69) is 9.72 Å². The largest absolute Gasteiger partial charge is 0.482 e. The van der Waals surface area contributed by atoms with E-state index < -0.39 is 12.8 Å². The first kappa shape index (κ1) is 11.5. The van der Waals surface area contributed by atoms with Crippen molar-refractivity contribution in [1.82, 2.24) is 4.98 Å². The number of nitrogens with one attached hydrogen (secondary N) is 1. The maximum absolute atomic E-state index is 12.0. The van der Waals surface area contributed by atoms with Crippen LogP contribution in [0.4, 0.5) is 13.2 Å². The summed E-state index contributed by atoms with van der Waals surface area (Å²) in [4.78, 5) is 13.6. The van der Waals surface area contributed by atoms with E-state index in [0.29, 0.717) is 5.39 Å². The highest BCUT2D eigenvalue weighted by atomic mass is 19.4. The van der Waals surface area contributed by atoms with Gasteiger partial charge in [0.25, 0.3) is 0 Å². The second-order valence-corrected chi connectivity index (χ2v) is 3.45. The van der Waals surface area contributed by atoms with Crippen molar-refractivity contribution in [3.63, 3.8) is 0 Å². The smallest absolute Gasteiger partial charge is 0.422 e. The normalized spacial score (nSPS) is 11.7. The van der Waals surface area contributed by atoms with Crippen LogP contribution in [0.25, 0.3) is 10.9 Å². The van der Waals surface area contributed by atoms with Crippen LogP contribution in [-0.2, 0) is 0 Å². The third-order valence-corrected chi connectivity index (χ3v) is 2.11. The lowest BCUT2D eigenvalue weighted by Gasteiger charge is -2.10. The van der Waals surface area contributed by atoms with Crippen LogP contribution < -0.4 is 10.3 Å².